The Kier molecular flexibility index (Phi) is 19.4. The third kappa shape index (κ3) is 13.0. The van der Waals surface area contributed by atoms with Gasteiger partial charge in [-0.15, -0.1) is 0 Å². The molecule has 6 aliphatic rings. The number of fused-ring (bicyclic) bond motifs is 3. The van der Waals surface area contributed by atoms with Gasteiger partial charge in [0, 0.05) is 85.5 Å². The molecule has 9 rings (SSSR count). The van der Waals surface area contributed by atoms with Gasteiger partial charge in [-0.2, -0.15) is 0 Å². The van der Waals surface area contributed by atoms with E-state index in [0.29, 0.717) is 90.9 Å². The number of nitrogens with two attached hydrogens (primary N) is 2. The molecular formula is C59H92N6O7S2. The molecule has 1 saturated heterocycles. The van der Waals surface area contributed by atoms with Crippen molar-refractivity contribution in [3.8, 4) is 11.5 Å². The molecule has 3 aromatic rings. The molecule has 5 fully saturated rings. The van der Waals surface area contributed by atoms with Crippen molar-refractivity contribution in [1.29, 1.82) is 0 Å². The van der Waals surface area contributed by atoms with E-state index in [2.05, 4.69) is 33.6 Å². The maximum atomic E-state index is 11.8. The number of hydrogen-bond acceptors (Lipinski definition) is 12. The zero-order valence-electron chi connectivity index (χ0n) is 44.8. The van der Waals surface area contributed by atoms with E-state index in [-0.39, 0.29) is 49.0 Å². The normalized spacial score (nSPS) is 31.4. The van der Waals surface area contributed by atoms with Gasteiger partial charge in [-0.1, -0.05) is 60.3 Å². The van der Waals surface area contributed by atoms with Crippen LogP contribution in [0.4, 0.5) is 0 Å². The molecule has 1 aromatic carbocycles. The summed E-state index contributed by atoms with van der Waals surface area (Å²) in [5, 5.41) is 60.8. The van der Waals surface area contributed by atoms with Crippen molar-refractivity contribution in [1.82, 2.24) is 15.6 Å². The van der Waals surface area contributed by atoms with Gasteiger partial charge in [0.15, 0.2) is 17.5 Å². The summed E-state index contributed by atoms with van der Waals surface area (Å²) in [6.07, 6.45) is 20.1. The Morgan fingerprint density at radius 2 is 1.76 bits per heavy atom. The SMILES string of the molecule is CN=C(N)N[C@@H]1CSSC[C@@H]2[C@@H]3CC[C@@H](CCc4oc(CCc5ccc(O)c(OC[C@H](O)c6cc7c([nH]6)CC6(CCCC6)[C@@H]6CCC[C@@H]6[C@@H]7[C@H](CCCO)NC[C@H](C)O)c5)cc4CO)C[C@H](C[C@H]2N)[C@@H]3CC[C@@H]1C. The van der Waals surface area contributed by atoms with E-state index in [1.54, 1.807) is 13.1 Å². The number of aromatic nitrogens is 1. The number of phenolic OH excluding ortho intramolecular Hbond substituents is 1. The van der Waals surface area contributed by atoms with E-state index < -0.39 is 12.2 Å². The summed E-state index contributed by atoms with van der Waals surface area (Å²) in [7, 11) is 5.71. The zero-order chi connectivity index (χ0) is 51.9. The van der Waals surface area contributed by atoms with Crippen LogP contribution in [0, 0.1) is 52.8 Å². The fraction of sp³-hybridized carbons (Fsp3) is 0.746. The van der Waals surface area contributed by atoms with E-state index in [9.17, 15) is 25.5 Å². The second kappa shape index (κ2) is 25.7. The van der Waals surface area contributed by atoms with E-state index in [0.717, 1.165) is 72.0 Å². The predicted octanol–water partition coefficient (Wildman–Crippen LogP) is 9.07. The van der Waals surface area contributed by atoms with E-state index >= 15 is 0 Å². The minimum Gasteiger partial charge on any atom is -0.504 e. The number of aliphatic hydroxyl groups excluding tert-OH is 4. The fourth-order valence-corrected chi connectivity index (χ4v) is 18.6. The van der Waals surface area contributed by atoms with Crippen LogP contribution in [0.3, 0.4) is 0 Å². The van der Waals surface area contributed by atoms with Gasteiger partial charge in [-0.3, -0.25) is 4.99 Å². The van der Waals surface area contributed by atoms with Crippen molar-refractivity contribution >= 4 is 27.5 Å². The molecule has 3 heterocycles. The smallest absolute Gasteiger partial charge is 0.188 e. The van der Waals surface area contributed by atoms with Gasteiger partial charge in [0.25, 0.3) is 0 Å². The standard InChI is InChI=1S/C59H92N6O7S2/c1-35-11-17-42-39-24-37(13-18-43(42)46(48(60)27-39)33-73-74-34-52(35)65-58(61)62-3)15-20-55-40(31-67)26-41(72-55)16-12-38-14-19-53(69)56(25-38)71-32-54(70)50-28-45-51(64-50)29-59(21-4-5-22-59)47-9-6-8-44(47)57(45)49(10-7-23-66)63-30-36(2)68/h14,19,25-26,28,35-37,39,42-44,46-49,52,54,57,63-64,66-70H,4-13,15-18,20-24,27,29-34,60H2,1-3H3,(H3,61,62,65)/t35-,36-,37-,39+,42-,43+,44-,46+,47+,48+,49-,52+,54-,57-/m0/s1. The molecule has 4 bridgehead atoms. The van der Waals surface area contributed by atoms with Crippen LogP contribution in [0.25, 0.3) is 0 Å². The number of aliphatic imine (C=N–C) groups is 1. The largest absolute Gasteiger partial charge is 0.504 e. The monoisotopic (exact) mass is 1060 g/mol. The third-order valence-corrected chi connectivity index (χ3v) is 22.1. The van der Waals surface area contributed by atoms with Gasteiger partial charge in [0.05, 0.1) is 12.7 Å². The molecular weight excluding hydrogens is 969 g/mol. The Hall–Kier alpha value is -2.89. The lowest BCUT2D eigenvalue weighted by Crippen LogP contribution is -2.48. The molecule has 2 aromatic heterocycles. The quantitative estimate of drug-likeness (QED) is 0.0308. The third-order valence-electron chi connectivity index (χ3n) is 19.6. The topological polar surface area (TPSA) is 228 Å². The number of benzene rings is 1. The lowest BCUT2D eigenvalue weighted by atomic mass is 9.62. The highest BCUT2D eigenvalue weighted by atomic mass is 33.1. The molecule has 0 amide bonds. The van der Waals surface area contributed by atoms with Crippen LogP contribution >= 0.6 is 21.6 Å². The van der Waals surface area contributed by atoms with Crippen molar-refractivity contribution < 1.29 is 34.7 Å². The van der Waals surface area contributed by atoms with E-state index in [4.69, 9.17) is 20.6 Å². The fourth-order valence-electron chi connectivity index (χ4n) is 15.7. The summed E-state index contributed by atoms with van der Waals surface area (Å²) in [6, 6.07) is 10.3. The van der Waals surface area contributed by atoms with Crippen molar-refractivity contribution in [3.05, 3.63) is 69.9 Å². The Morgan fingerprint density at radius 1 is 0.946 bits per heavy atom. The predicted molar refractivity (Wildman–Crippen MR) is 299 cm³/mol. The molecule has 1 aliphatic heterocycles. The molecule has 74 heavy (non-hydrogen) atoms. The molecule has 12 N–H and O–H groups in total. The van der Waals surface area contributed by atoms with Crippen LogP contribution in [0.15, 0.2) is 39.7 Å². The Bertz CT molecular complexity index is 2280. The van der Waals surface area contributed by atoms with Gasteiger partial charge in [0.1, 0.15) is 24.2 Å². The zero-order valence-corrected chi connectivity index (χ0v) is 46.5. The first-order chi connectivity index (χ1) is 35.9. The number of aromatic amines is 1. The van der Waals surface area contributed by atoms with E-state index in [1.807, 2.05) is 46.7 Å². The average molecular weight is 1060 g/mol. The van der Waals surface area contributed by atoms with Crippen LogP contribution < -0.4 is 26.8 Å². The number of nitrogens with one attached hydrogen (secondary N) is 3. The van der Waals surface area contributed by atoms with Gasteiger partial charge >= 0.3 is 0 Å². The summed E-state index contributed by atoms with van der Waals surface area (Å²) in [5.74, 6) is 9.76. The molecule has 14 atom stereocenters. The number of aromatic hydroxyl groups is 1. The van der Waals surface area contributed by atoms with Crippen molar-refractivity contribution in [2.75, 3.05) is 38.3 Å². The Balaban J connectivity index is 0.823. The lowest BCUT2D eigenvalue weighted by Gasteiger charge is -2.46. The van der Waals surface area contributed by atoms with Gasteiger partial charge in [-0.25, -0.2) is 0 Å². The number of furan rings is 1. The number of hydrogen-bond donors (Lipinski definition) is 10. The summed E-state index contributed by atoms with van der Waals surface area (Å²) in [5.41, 5.74) is 18.5. The number of aryl methyl sites for hydroxylation is 3. The number of phenols is 1. The minimum absolute atomic E-state index is 0.0228. The van der Waals surface area contributed by atoms with Crippen LogP contribution in [0.5, 0.6) is 11.5 Å². The second-order valence-corrected chi connectivity index (χ2v) is 26.7. The summed E-state index contributed by atoms with van der Waals surface area (Å²) in [4.78, 5) is 7.93. The molecule has 13 nitrogen and oxygen atoms in total. The average Bonchev–Trinajstić information content (AvgIpc) is 4.21. The van der Waals surface area contributed by atoms with E-state index in [1.165, 1.54) is 88.3 Å². The number of guanidine groups is 1. The number of aliphatic hydroxyl groups is 4. The highest BCUT2D eigenvalue weighted by Gasteiger charge is 2.53. The van der Waals surface area contributed by atoms with Crippen molar-refractivity contribution in [2.24, 2.45) is 69.2 Å². The van der Waals surface area contributed by atoms with Gasteiger partial charge in [-0.05, 0) is 185 Å². The first-order valence-corrected chi connectivity index (χ1v) is 31.4. The van der Waals surface area contributed by atoms with Crippen LogP contribution in [0.1, 0.15) is 168 Å². The highest BCUT2D eigenvalue weighted by molar-refractivity contribution is 8.76. The second-order valence-electron chi connectivity index (χ2n) is 24.2. The molecule has 1 spiro atoms. The van der Waals surface area contributed by atoms with Crippen LogP contribution in [-0.4, -0.2) is 99.0 Å². The summed E-state index contributed by atoms with van der Waals surface area (Å²) >= 11 is 0. The number of nitrogens with zero attached hydrogens (tertiary/aromatic N) is 1. The molecule has 5 aliphatic carbocycles. The first-order valence-electron chi connectivity index (χ1n) is 28.9. The van der Waals surface area contributed by atoms with Gasteiger partial charge in [0.2, 0.25) is 0 Å². The molecule has 0 unspecified atom stereocenters. The maximum absolute atomic E-state index is 11.8. The molecule has 0 radical (unpaired) electrons. The summed E-state index contributed by atoms with van der Waals surface area (Å²) < 4.78 is 12.8. The first kappa shape index (κ1) is 55.9. The van der Waals surface area contributed by atoms with Gasteiger partial charge < -0.3 is 61.8 Å². The van der Waals surface area contributed by atoms with Crippen molar-refractivity contribution in [3.63, 3.8) is 0 Å². The molecule has 4 saturated carbocycles. The Labute approximate surface area is 449 Å². The summed E-state index contributed by atoms with van der Waals surface area (Å²) in [6.45, 7) is 4.75. The molecule has 412 valence electrons. The highest BCUT2D eigenvalue weighted by Crippen LogP contribution is 2.61. The minimum atomic E-state index is -0.938. The maximum Gasteiger partial charge on any atom is 0.188 e. The van der Waals surface area contributed by atoms with Crippen molar-refractivity contribution in [2.45, 2.75) is 185 Å². The lowest BCUT2D eigenvalue weighted by molar-refractivity contribution is 0.0714. The Morgan fingerprint density at radius 3 is 2.54 bits per heavy atom. The number of ether oxygens (including phenoxy) is 1. The van der Waals surface area contributed by atoms with Crippen LogP contribution in [-0.2, 0) is 32.3 Å². The number of H-pyrrole nitrogens is 1. The molecule has 15 heteroatoms. The number of rotatable bonds is 19. The van der Waals surface area contributed by atoms with Crippen LogP contribution in [0.2, 0.25) is 0 Å².